The van der Waals surface area contributed by atoms with Crippen molar-refractivity contribution in [3.05, 3.63) is 164 Å². The van der Waals surface area contributed by atoms with Crippen LogP contribution >= 0.6 is 0 Å². The molecule has 4 aromatic heterocycles. The number of hydrogen-bond donors (Lipinski definition) is 0. The Labute approximate surface area is 287 Å². The monoisotopic (exact) mass is 641 g/mol. The minimum absolute atomic E-state index is 0.636. The van der Waals surface area contributed by atoms with Gasteiger partial charge in [0.15, 0.2) is 5.82 Å². The molecule has 10 aromatic rings. The number of para-hydroxylation sites is 2. The van der Waals surface area contributed by atoms with Crippen molar-refractivity contribution in [2.75, 3.05) is 0 Å². The molecule has 0 bridgehead atoms. The lowest BCUT2D eigenvalue weighted by atomic mass is 9.96. The van der Waals surface area contributed by atoms with E-state index in [4.69, 9.17) is 18.8 Å². The van der Waals surface area contributed by atoms with Gasteiger partial charge in [0.25, 0.3) is 0 Å². The van der Waals surface area contributed by atoms with Crippen LogP contribution in [-0.4, -0.2) is 15.0 Å². The predicted molar refractivity (Wildman–Crippen MR) is 202 cm³/mol. The fourth-order valence-electron chi connectivity index (χ4n) is 6.97. The molecule has 6 aromatic carbocycles. The third kappa shape index (κ3) is 4.67. The Balaban J connectivity index is 1.18. The molecule has 0 saturated carbocycles. The summed E-state index contributed by atoms with van der Waals surface area (Å²) in [6.45, 7) is 0. The first-order valence-corrected chi connectivity index (χ1v) is 16.6. The minimum atomic E-state index is 0.636. The van der Waals surface area contributed by atoms with E-state index in [0.29, 0.717) is 5.82 Å². The van der Waals surface area contributed by atoms with E-state index in [9.17, 15) is 0 Å². The highest BCUT2D eigenvalue weighted by Gasteiger charge is 2.21. The summed E-state index contributed by atoms with van der Waals surface area (Å²) in [4.78, 5) is 14.7. The summed E-state index contributed by atoms with van der Waals surface area (Å²) < 4.78 is 12.8. The number of pyridine rings is 1. The van der Waals surface area contributed by atoms with Crippen LogP contribution in [-0.2, 0) is 0 Å². The van der Waals surface area contributed by atoms with Crippen molar-refractivity contribution in [2.45, 2.75) is 0 Å². The first kappa shape index (κ1) is 28.2. The zero-order valence-corrected chi connectivity index (χ0v) is 26.7. The Hall–Kier alpha value is -6.85. The molecule has 5 nitrogen and oxygen atoms in total. The average Bonchev–Trinajstić information content (AvgIpc) is 3.77. The lowest BCUT2D eigenvalue weighted by molar-refractivity contribution is 0.668. The first-order valence-electron chi connectivity index (χ1n) is 16.6. The number of furan rings is 2. The number of nitrogens with zero attached hydrogens (tertiary/aromatic N) is 3. The second-order valence-electron chi connectivity index (χ2n) is 12.4. The Morgan fingerprint density at radius 2 is 1.02 bits per heavy atom. The maximum Gasteiger partial charge on any atom is 0.161 e. The van der Waals surface area contributed by atoms with Gasteiger partial charge in [0.05, 0.1) is 11.4 Å². The maximum absolute atomic E-state index is 6.68. The van der Waals surface area contributed by atoms with Gasteiger partial charge >= 0.3 is 0 Å². The van der Waals surface area contributed by atoms with Crippen LogP contribution in [0.4, 0.5) is 0 Å². The Kier molecular flexibility index (Phi) is 6.42. The molecule has 0 spiro atoms. The third-order valence-corrected chi connectivity index (χ3v) is 9.43. The molecule has 0 saturated heterocycles. The third-order valence-electron chi connectivity index (χ3n) is 9.43. The summed E-state index contributed by atoms with van der Waals surface area (Å²) in [5, 5.41) is 4.17. The quantitative estimate of drug-likeness (QED) is 0.187. The summed E-state index contributed by atoms with van der Waals surface area (Å²) in [7, 11) is 0. The van der Waals surface area contributed by atoms with Crippen molar-refractivity contribution in [3.8, 4) is 56.2 Å². The Morgan fingerprint density at radius 1 is 0.400 bits per heavy atom. The molecule has 4 heterocycles. The molecule has 0 radical (unpaired) electrons. The molecular formula is C45H27N3O2. The van der Waals surface area contributed by atoms with Gasteiger partial charge in [0, 0.05) is 56.2 Å². The zero-order chi connectivity index (χ0) is 33.0. The van der Waals surface area contributed by atoms with Crippen molar-refractivity contribution >= 4 is 43.9 Å². The van der Waals surface area contributed by atoms with Crippen molar-refractivity contribution in [3.63, 3.8) is 0 Å². The van der Waals surface area contributed by atoms with E-state index in [1.807, 2.05) is 72.9 Å². The van der Waals surface area contributed by atoms with Crippen molar-refractivity contribution < 1.29 is 8.83 Å². The van der Waals surface area contributed by atoms with Gasteiger partial charge in [0.2, 0.25) is 0 Å². The Bertz CT molecular complexity index is 2850. The lowest BCUT2D eigenvalue weighted by Gasteiger charge is -2.12. The van der Waals surface area contributed by atoms with E-state index >= 15 is 0 Å². The van der Waals surface area contributed by atoms with Crippen LogP contribution < -0.4 is 0 Å². The van der Waals surface area contributed by atoms with E-state index in [0.717, 1.165) is 94.2 Å². The number of benzene rings is 6. The average molecular weight is 642 g/mol. The molecule has 0 atom stereocenters. The van der Waals surface area contributed by atoms with Crippen molar-refractivity contribution in [2.24, 2.45) is 0 Å². The Morgan fingerprint density at radius 3 is 1.80 bits per heavy atom. The largest absolute Gasteiger partial charge is 0.456 e. The molecule has 0 aliphatic rings. The fraction of sp³-hybridized carbons (Fsp3) is 0. The summed E-state index contributed by atoms with van der Waals surface area (Å²) in [5.41, 5.74) is 12.2. The molecule has 234 valence electrons. The summed E-state index contributed by atoms with van der Waals surface area (Å²) >= 11 is 0. The van der Waals surface area contributed by atoms with Crippen LogP contribution in [0.25, 0.3) is 100 Å². The van der Waals surface area contributed by atoms with E-state index in [2.05, 4.69) is 89.9 Å². The SMILES string of the molecule is c1ccc(-c2cc(-c3ccc(-c4cccnc4)cc3)nc(-c3ccc(-c4ccc5oc6ccccc6c5c4)c4oc5ccccc5c34)n2)cc1. The molecule has 0 fully saturated rings. The van der Waals surface area contributed by atoms with Crippen LogP contribution in [0.3, 0.4) is 0 Å². The van der Waals surface area contributed by atoms with Gasteiger partial charge in [-0.1, -0.05) is 103 Å². The van der Waals surface area contributed by atoms with Crippen molar-refractivity contribution in [1.82, 2.24) is 15.0 Å². The molecule has 0 N–H and O–H groups in total. The van der Waals surface area contributed by atoms with Gasteiger partial charge in [0.1, 0.15) is 22.3 Å². The van der Waals surface area contributed by atoms with Crippen LogP contribution in [0.15, 0.2) is 173 Å². The predicted octanol–water partition coefficient (Wildman–Crippen LogP) is 12.0. The molecule has 10 rings (SSSR count). The highest BCUT2D eigenvalue weighted by atomic mass is 16.3. The number of aromatic nitrogens is 3. The van der Waals surface area contributed by atoms with Crippen LogP contribution in [0, 0.1) is 0 Å². The number of rotatable bonds is 5. The fourth-order valence-corrected chi connectivity index (χ4v) is 6.97. The lowest BCUT2D eigenvalue weighted by Crippen LogP contribution is -1.97. The molecule has 0 unspecified atom stereocenters. The van der Waals surface area contributed by atoms with Gasteiger partial charge in [-0.05, 0) is 65.2 Å². The number of fused-ring (bicyclic) bond motifs is 6. The van der Waals surface area contributed by atoms with Crippen LogP contribution in [0.1, 0.15) is 0 Å². The normalized spacial score (nSPS) is 11.6. The van der Waals surface area contributed by atoms with Gasteiger partial charge in [-0.25, -0.2) is 9.97 Å². The smallest absolute Gasteiger partial charge is 0.161 e. The van der Waals surface area contributed by atoms with E-state index in [1.165, 1.54) is 0 Å². The second-order valence-corrected chi connectivity index (χ2v) is 12.4. The maximum atomic E-state index is 6.68. The highest BCUT2D eigenvalue weighted by molar-refractivity contribution is 6.16. The van der Waals surface area contributed by atoms with Crippen LogP contribution in [0.2, 0.25) is 0 Å². The summed E-state index contributed by atoms with van der Waals surface area (Å²) in [6, 6.07) is 51.8. The molecule has 0 amide bonds. The zero-order valence-electron chi connectivity index (χ0n) is 26.7. The van der Waals surface area contributed by atoms with Crippen molar-refractivity contribution in [1.29, 1.82) is 0 Å². The van der Waals surface area contributed by atoms with Crippen LogP contribution in [0.5, 0.6) is 0 Å². The minimum Gasteiger partial charge on any atom is -0.456 e. The van der Waals surface area contributed by atoms with Gasteiger partial charge < -0.3 is 8.83 Å². The summed E-state index contributed by atoms with van der Waals surface area (Å²) in [5.74, 6) is 0.636. The topological polar surface area (TPSA) is 65.0 Å². The number of hydrogen-bond acceptors (Lipinski definition) is 5. The van der Waals surface area contributed by atoms with Gasteiger partial charge in [-0.2, -0.15) is 0 Å². The highest BCUT2D eigenvalue weighted by Crippen LogP contribution is 2.43. The van der Waals surface area contributed by atoms with Gasteiger partial charge in [-0.3, -0.25) is 4.98 Å². The first-order chi connectivity index (χ1) is 24.8. The van der Waals surface area contributed by atoms with E-state index in [-0.39, 0.29) is 0 Å². The summed E-state index contributed by atoms with van der Waals surface area (Å²) in [6.07, 6.45) is 3.67. The molecule has 0 aliphatic carbocycles. The second kappa shape index (κ2) is 11.4. The molecular weight excluding hydrogens is 615 g/mol. The standard InChI is InChI=1S/C45H27N3O2/c1-2-9-29(10-3-1)38-26-39(30-18-16-28(17-19-30)32-11-8-24-46-27-32)48-45(47-38)36-22-21-33(44-43(36)35-13-5-7-15-41(35)50-44)31-20-23-42-37(25-31)34-12-4-6-14-40(34)49-42/h1-27H. The van der Waals surface area contributed by atoms with E-state index in [1.54, 1.807) is 6.20 Å². The van der Waals surface area contributed by atoms with E-state index < -0.39 is 0 Å². The van der Waals surface area contributed by atoms with Gasteiger partial charge in [-0.15, -0.1) is 0 Å². The molecule has 5 heteroatoms. The molecule has 0 aliphatic heterocycles. The molecule has 50 heavy (non-hydrogen) atoms.